The van der Waals surface area contributed by atoms with E-state index >= 15 is 0 Å². The topological polar surface area (TPSA) is 12.9 Å². The fourth-order valence-corrected chi connectivity index (χ4v) is 6.95. The van der Waals surface area contributed by atoms with Crippen molar-refractivity contribution in [1.29, 1.82) is 0 Å². The number of hydrogen-bond donors (Lipinski definition) is 0. The van der Waals surface area contributed by atoms with Gasteiger partial charge in [0.2, 0.25) is 0 Å². The normalized spacial score (nSPS) is 12.2. The van der Waals surface area contributed by atoms with Gasteiger partial charge in [0.05, 0.1) is 10.2 Å². The minimum atomic E-state index is 1.09. The number of fused-ring (bicyclic) bond motifs is 15. The highest BCUT2D eigenvalue weighted by molar-refractivity contribution is 7.27. The second kappa shape index (κ2) is 6.28. The second-order valence-corrected chi connectivity index (χ2v) is 9.76. The molecule has 0 aliphatic rings. The molecule has 8 aromatic rings. The van der Waals surface area contributed by atoms with E-state index in [2.05, 4.69) is 103 Å². The first-order valence-electron chi connectivity index (χ1n) is 11.2. The summed E-state index contributed by atoms with van der Waals surface area (Å²) in [4.78, 5) is 5.05. The van der Waals surface area contributed by atoms with Crippen molar-refractivity contribution in [3.05, 3.63) is 103 Å². The predicted octanol–water partition coefficient (Wildman–Crippen LogP) is 9.22. The van der Waals surface area contributed by atoms with Crippen molar-refractivity contribution >= 4 is 85.5 Å². The number of pyridine rings is 1. The molecule has 0 unspecified atom stereocenters. The number of hydrogen-bond acceptors (Lipinski definition) is 2. The summed E-state index contributed by atoms with van der Waals surface area (Å²) in [6.45, 7) is 0. The fraction of sp³-hybridized carbons (Fsp3) is 0. The Hall–Kier alpha value is -4.01. The summed E-state index contributed by atoms with van der Waals surface area (Å²) in [7, 11) is 0. The number of aromatic nitrogens is 1. The summed E-state index contributed by atoms with van der Waals surface area (Å²) < 4.78 is 2.60. The first kappa shape index (κ1) is 17.5. The number of nitrogens with zero attached hydrogens (tertiary/aromatic N) is 1. The van der Waals surface area contributed by atoms with Gasteiger partial charge in [-0.1, -0.05) is 97.1 Å². The molecule has 0 bridgehead atoms. The van der Waals surface area contributed by atoms with Crippen molar-refractivity contribution in [2.75, 3.05) is 0 Å². The van der Waals surface area contributed by atoms with Gasteiger partial charge < -0.3 is 0 Å². The van der Waals surface area contributed by atoms with E-state index in [0.29, 0.717) is 0 Å². The average molecular weight is 436 g/mol. The number of benzene rings is 6. The Balaban J connectivity index is 1.79. The molecule has 0 fully saturated rings. The Morgan fingerprint density at radius 3 is 1.52 bits per heavy atom. The lowest BCUT2D eigenvalue weighted by Crippen LogP contribution is -1.87. The molecule has 0 saturated heterocycles. The van der Waals surface area contributed by atoms with Gasteiger partial charge in [-0.05, 0) is 32.3 Å². The van der Waals surface area contributed by atoms with Crippen LogP contribution in [0.1, 0.15) is 0 Å². The minimum absolute atomic E-state index is 1.09. The molecule has 6 aromatic carbocycles. The van der Waals surface area contributed by atoms with Crippen LogP contribution in [0.25, 0.3) is 74.2 Å². The smallest absolute Gasteiger partial charge is 0.0794 e. The molecule has 0 spiro atoms. The van der Waals surface area contributed by atoms with Crippen LogP contribution < -0.4 is 0 Å². The molecule has 1 nitrogen and oxygen atoms in total. The van der Waals surface area contributed by atoms with Gasteiger partial charge >= 0.3 is 0 Å². The predicted molar refractivity (Wildman–Crippen MR) is 145 cm³/mol. The second-order valence-electron chi connectivity index (χ2n) is 8.71. The van der Waals surface area contributed by atoms with Crippen LogP contribution in [0.5, 0.6) is 0 Å². The lowest BCUT2D eigenvalue weighted by molar-refractivity contribution is 1.48. The van der Waals surface area contributed by atoms with Gasteiger partial charge in [0.1, 0.15) is 0 Å². The summed E-state index contributed by atoms with van der Waals surface area (Å²) >= 11 is 1.87. The van der Waals surface area contributed by atoms with E-state index in [9.17, 15) is 0 Å². The van der Waals surface area contributed by atoms with E-state index in [4.69, 9.17) is 4.98 Å². The number of rotatable bonds is 0. The molecule has 0 amide bonds. The molecule has 0 N–H and O–H groups in total. The molecule has 2 aromatic heterocycles. The Morgan fingerprint density at radius 1 is 0.424 bits per heavy atom. The highest BCUT2D eigenvalue weighted by Gasteiger charge is 2.19. The lowest BCUT2D eigenvalue weighted by atomic mass is 9.92. The first-order chi connectivity index (χ1) is 16.4. The molecule has 0 atom stereocenters. The molecule has 2 heteroatoms. The molecule has 152 valence electrons. The van der Waals surface area contributed by atoms with E-state index in [1.54, 1.807) is 0 Å². The van der Waals surface area contributed by atoms with Crippen molar-refractivity contribution < 1.29 is 0 Å². The Morgan fingerprint density at radius 2 is 0.879 bits per heavy atom. The van der Waals surface area contributed by atoms with E-state index in [-0.39, 0.29) is 0 Å². The van der Waals surface area contributed by atoms with Crippen molar-refractivity contribution in [1.82, 2.24) is 4.98 Å². The van der Waals surface area contributed by atoms with Gasteiger partial charge in [-0.3, -0.25) is 4.98 Å². The molecule has 8 rings (SSSR count). The average Bonchev–Trinajstić information content (AvgIpc) is 3.29. The molecular formula is C31H17NS. The van der Waals surface area contributed by atoms with Crippen LogP contribution >= 0.6 is 11.3 Å². The summed E-state index contributed by atoms with van der Waals surface area (Å²) in [5.74, 6) is 0. The van der Waals surface area contributed by atoms with E-state index in [1.165, 1.54) is 68.6 Å². The molecule has 2 heterocycles. The Kier molecular flexibility index (Phi) is 3.34. The van der Waals surface area contributed by atoms with Crippen molar-refractivity contribution in [3.8, 4) is 0 Å². The molecule has 0 aliphatic carbocycles. The van der Waals surface area contributed by atoms with Gasteiger partial charge in [0.15, 0.2) is 0 Å². The highest BCUT2D eigenvalue weighted by Crippen LogP contribution is 2.48. The SMILES string of the molecule is c1ccc2c(c1)c1ccccc1c1c2ncc2sc3c4ccccc4c4ccccc4c3c21. The zero-order valence-corrected chi connectivity index (χ0v) is 18.5. The summed E-state index contributed by atoms with van der Waals surface area (Å²) in [5, 5.41) is 14.3. The largest absolute Gasteiger partial charge is 0.254 e. The van der Waals surface area contributed by atoms with Crippen LogP contribution in [-0.2, 0) is 0 Å². The summed E-state index contributed by atoms with van der Waals surface area (Å²) in [6.07, 6.45) is 2.09. The van der Waals surface area contributed by atoms with Crippen LogP contribution in [0.2, 0.25) is 0 Å². The van der Waals surface area contributed by atoms with Crippen LogP contribution in [0.15, 0.2) is 103 Å². The monoisotopic (exact) mass is 435 g/mol. The van der Waals surface area contributed by atoms with Crippen LogP contribution in [-0.4, -0.2) is 4.98 Å². The summed E-state index contributed by atoms with van der Waals surface area (Å²) in [6, 6.07) is 35.2. The fourth-order valence-electron chi connectivity index (χ4n) is 5.72. The van der Waals surface area contributed by atoms with Gasteiger partial charge in [-0.2, -0.15) is 0 Å². The third kappa shape index (κ3) is 2.19. The van der Waals surface area contributed by atoms with Gasteiger partial charge in [0.25, 0.3) is 0 Å². The van der Waals surface area contributed by atoms with E-state index < -0.39 is 0 Å². The van der Waals surface area contributed by atoms with Crippen molar-refractivity contribution in [2.24, 2.45) is 0 Å². The molecule has 0 aliphatic heterocycles. The number of thiophene rings is 1. The maximum absolute atomic E-state index is 5.05. The zero-order chi connectivity index (χ0) is 21.5. The Bertz CT molecular complexity index is 2000. The minimum Gasteiger partial charge on any atom is -0.254 e. The van der Waals surface area contributed by atoms with Gasteiger partial charge in [0, 0.05) is 37.8 Å². The van der Waals surface area contributed by atoms with Gasteiger partial charge in [-0.15, -0.1) is 11.3 Å². The maximum Gasteiger partial charge on any atom is 0.0794 e. The molecule has 33 heavy (non-hydrogen) atoms. The zero-order valence-electron chi connectivity index (χ0n) is 17.7. The third-order valence-corrected chi connectivity index (χ3v) is 8.22. The first-order valence-corrected chi connectivity index (χ1v) is 12.1. The Labute approximate surface area is 193 Å². The standard InChI is InChI=1S/C31H17NS/c1-5-13-22-18(9-1)20-11-3-7-15-24(20)30-27(22)29-26(17-32-30)33-31-25-16-8-4-12-21(25)19-10-2-6-14-23(19)28(29)31/h1-17H. The van der Waals surface area contributed by atoms with Crippen LogP contribution in [0.4, 0.5) is 0 Å². The molecular weight excluding hydrogens is 418 g/mol. The lowest BCUT2D eigenvalue weighted by Gasteiger charge is -2.12. The van der Waals surface area contributed by atoms with Gasteiger partial charge in [-0.25, -0.2) is 0 Å². The van der Waals surface area contributed by atoms with Crippen molar-refractivity contribution in [2.45, 2.75) is 0 Å². The third-order valence-electron chi connectivity index (χ3n) is 7.06. The maximum atomic E-state index is 5.05. The van der Waals surface area contributed by atoms with Crippen LogP contribution in [0.3, 0.4) is 0 Å². The van der Waals surface area contributed by atoms with Crippen molar-refractivity contribution in [3.63, 3.8) is 0 Å². The summed E-state index contributed by atoms with van der Waals surface area (Å²) in [5.41, 5.74) is 1.09. The van der Waals surface area contributed by atoms with Crippen LogP contribution in [0, 0.1) is 0 Å². The molecule has 0 radical (unpaired) electrons. The molecule has 0 saturated carbocycles. The highest BCUT2D eigenvalue weighted by atomic mass is 32.1. The van der Waals surface area contributed by atoms with E-state index in [1.807, 2.05) is 11.3 Å². The quantitative estimate of drug-likeness (QED) is 0.216. The van der Waals surface area contributed by atoms with E-state index in [0.717, 1.165) is 5.52 Å².